The first kappa shape index (κ1) is 9.86. The average molecular weight is 215 g/mol. The third-order valence-corrected chi connectivity index (χ3v) is 3.77. The van der Waals surface area contributed by atoms with Gasteiger partial charge in [0.25, 0.3) is 0 Å². The number of nitrogens with one attached hydrogen (secondary N) is 1. The number of halogens is 1. The first-order valence-electron chi connectivity index (χ1n) is 5.77. The molecule has 0 saturated carbocycles. The first-order chi connectivity index (χ1) is 7.78. The van der Waals surface area contributed by atoms with Crippen LogP contribution >= 0.6 is 0 Å². The molecule has 2 aliphatic rings. The molecule has 2 atom stereocenters. The van der Waals surface area contributed by atoms with Crippen molar-refractivity contribution in [2.24, 2.45) is 5.92 Å². The van der Waals surface area contributed by atoms with Crippen molar-refractivity contribution in [3.8, 4) is 12.3 Å². The van der Waals surface area contributed by atoms with Gasteiger partial charge >= 0.3 is 0 Å². The molecule has 82 valence electrons. The Kier molecular flexibility index (Phi) is 2.22. The topological polar surface area (TPSA) is 12.0 Å². The summed E-state index contributed by atoms with van der Waals surface area (Å²) in [5.74, 6) is 3.35. The lowest BCUT2D eigenvalue weighted by Gasteiger charge is -2.36. The first-order valence-corrected chi connectivity index (χ1v) is 5.77. The molecular weight excluding hydrogens is 201 g/mol. The summed E-state index contributed by atoms with van der Waals surface area (Å²) in [6.07, 6.45) is 7.52. The Morgan fingerprint density at radius 3 is 3.06 bits per heavy atom. The predicted octanol–water partition coefficient (Wildman–Crippen LogP) is 2.06. The van der Waals surface area contributed by atoms with Gasteiger partial charge in [0.15, 0.2) is 0 Å². The fraction of sp³-hybridized carbons (Fsp3) is 0.429. The van der Waals surface area contributed by atoms with E-state index in [1.54, 1.807) is 6.07 Å². The predicted molar refractivity (Wildman–Crippen MR) is 61.8 cm³/mol. The summed E-state index contributed by atoms with van der Waals surface area (Å²) >= 11 is 0. The van der Waals surface area contributed by atoms with E-state index < -0.39 is 0 Å². The van der Waals surface area contributed by atoms with Crippen molar-refractivity contribution in [3.63, 3.8) is 0 Å². The van der Waals surface area contributed by atoms with Gasteiger partial charge in [0.1, 0.15) is 5.82 Å². The molecule has 2 bridgehead atoms. The Hall–Kier alpha value is -1.33. The number of hydrogen-bond donors (Lipinski definition) is 1. The number of terminal acetylenes is 1. The van der Waals surface area contributed by atoms with Crippen LogP contribution in [-0.4, -0.2) is 13.1 Å². The van der Waals surface area contributed by atoms with Gasteiger partial charge < -0.3 is 5.32 Å². The van der Waals surface area contributed by atoms with Crippen LogP contribution in [0.3, 0.4) is 0 Å². The Labute approximate surface area is 95.1 Å². The molecule has 1 heterocycles. The smallest absolute Gasteiger partial charge is 0.139 e. The minimum atomic E-state index is -0.245. The fourth-order valence-electron chi connectivity index (χ4n) is 3.04. The van der Waals surface area contributed by atoms with Crippen LogP contribution in [0.5, 0.6) is 0 Å². The van der Waals surface area contributed by atoms with E-state index in [0.29, 0.717) is 17.4 Å². The van der Waals surface area contributed by atoms with Gasteiger partial charge in [-0.2, -0.15) is 0 Å². The summed E-state index contributed by atoms with van der Waals surface area (Å²) in [6.45, 7) is 2.05. The summed E-state index contributed by atoms with van der Waals surface area (Å²) in [5.41, 5.74) is 2.84. The van der Waals surface area contributed by atoms with Gasteiger partial charge in [-0.3, -0.25) is 0 Å². The molecule has 1 fully saturated rings. The number of benzene rings is 1. The molecule has 1 nitrogen and oxygen atoms in total. The van der Waals surface area contributed by atoms with Crippen LogP contribution in [0.15, 0.2) is 12.1 Å². The molecule has 1 aliphatic carbocycles. The van der Waals surface area contributed by atoms with Gasteiger partial charge in [-0.15, -0.1) is 6.42 Å². The van der Waals surface area contributed by atoms with Crippen LogP contribution in [0.25, 0.3) is 0 Å². The number of rotatable bonds is 0. The van der Waals surface area contributed by atoms with Crippen molar-refractivity contribution >= 4 is 0 Å². The number of hydrogen-bond acceptors (Lipinski definition) is 1. The molecule has 3 rings (SSSR count). The Morgan fingerprint density at radius 2 is 2.25 bits per heavy atom. The maximum Gasteiger partial charge on any atom is 0.139 e. The third-order valence-electron chi connectivity index (χ3n) is 3.77. The van der Waals surface area contributed by atoms with Crippen molar-refractivity contribution < 1.29 is 4.39 Å². The Bertz CT molecular complexity index is 472. The largest absolute Gasteiger partial charge is 0.316 e. The molecule has 1 aliphatic heterocycles. The van der Waals surface area contributed by atoms with E-state index in [9.17, 15) is 4.39 Å². The van der Waals surface area contributed by atoms with Crippen LogP contribution in [-0.2, 0) is 6.42 Å². The average Bonchev–Trinajstić information content (AvgIpc) is 2.30. The van der Waals surface area contributed by atoms with E-state index in [1.165, 1.54) is 17.5 Å². The lowest BCUT2D eigenvalue weighted by Crippen LogP contribution is -2.39. The molecule has 1 aromatic rings. The van der Waals surface area contributed by atoms with Crippen molar-refractivity contribution in [1.82, 2.24) is 5.32 Å². The van der Waals surface area contributed by atoms with Gasteiger partial charge in [-0.1, -0.05) is 5.92 Å². The SMILES string of the molecule is C#Cc1cc2c(cc1F)C1CNCC(C2)C1. The molecule has 16 heavy (non-hydrogen) atoms. The number of fused-ring (bicyclic) bond motifs is 4. The molecule has 0 radical (unpaired) electrons. The summed E-state index contributed by atoms with van der Waals surface area (Å²) < 4.78 is 13.6. The maximum atomic E-state index is 13.6. The second-order valence-electron chi connectivity index (χ2n) is 4.84. The second-order valence-corrected chi connectivity index (χ2v) is 4.84. The highest BCUT2D eigenvalue weighted by atomic mass is 19.1. The zero-order chi connectivity index (χ0) is 11.1. The molecule has 1 N–H and O–H groups in total. The molecule has 0 aromatic heterocycles. The summed E-state index contributed by atoms with van der Waals surface area (Å²) in [5, 5.41) is 3.41. The van der Waals surface area contributed by atoms with Crippen molar-refractivity contribution in [3.05, 3.63) is 34.6 Å². The normalized spacial score (nSPS) is 27.0. The molecular formula is C14H14FN. The summed E-state index contributed by atoms with van der Waals surface area (Å²) in [7, 11) is 0. The van der Waals surface area contributed by atoms with E-state index in [1.807, 2.05) is 6.07 Å². The van der Waals surface area contributed by atoms with Crippen LogP contribution < -0.4 is 5.32 Å². The zero-order valence-corrected chi connectivity index (χ0v) is 9.09. The van der Waals surface area contributed by atoms with Gasteiger partial charge in [0, 0.05) is 6.54 Å². The van der Waals surface area contributed by atoms with E-state index in [4.69, 9.17) is 6.42 Å². The van der Waals surface area contributed by atoms with Crippen molar-refractivity contribution in [1.29, 1.82) is 0 Å². The molecule has 2 unspecified atom stereocenters. The molecule has 0 spiro atoms. The lowest BCUT2D eigenvalue weighted by molar-refractivity contribution is 0.317. The van der Waals surface area contributed by atoms with E-state index in [-0.39, 0.29) is 5.82 Å². The molecule has 2 heteroatoms. The van der Waals surface area contributed by atoms with Crippen LogP contribution in [0, 0.1) is 24.1 Å². The zero-order valence-electron chi connectivity index (χ0n) is 9.09. The van der Waals surface area contributed by atoms with Gasteiger partial charge in [-0.25, -0.2) is 4.39 Å². The van der Waals surface area contributed by atoms with Crippen LogP contribution in [0.1, 0.15) is 29.0 Å². The molecule has 0 amide bonds. The molecule has 1 saturated heterocycles. The van der Waals surface area contributed by atoms with Crippen LogP contribution in [0.2, 0.25) is 0 Å². The maximum absolute atomic E-state index is 13.6. The Balaban J connectivity index is 2.10. The Morgan fingerprint density at radius 1 is 1.38 bits per heavy atom. The van der Waals surface area contributed by atoms with E-state index >= 15 is 0 Å². The summed E-state index contributed by atoms with van der Waals surface area (Å²) in [4.78, 5) is 0. The van der Waals surface area contributed by atoms with Gasteiger partial charge in [0.2, 0.25) is 0 Å². The van der Waals surface area contributed by atoms with Crippen LogP contribution in [0.4, 0.5) is 4.39 Å². The number of piperidine rings is 1. The monoisotopic (exact) mass is 215 g/mol. The fourth-order valence-corrected chi connectivity index (χ4v) is 3.04. The third kappa shape index (κ3) is 1.44. The van der Waals surface area contributed by atoms with Gasteiger partial charge in [-0.05, 0) is 54.5 Å². The minimum Gasteiger partial charge on any atom is -0.316 e. The van der Waals surface area contributed by atoms with Crippen molar-refractivity contribution in [2.45, 2.75) is 18.8 Å². The lowest BCUT2D eigenvalue weighted by atomic mass is 9.74. The quantitative estimate of drug-likeness (QED) is 0.653. The highest BCUT2D eigenvalue weighted by molar-refractivity contribution is 5.44. The van der Waals surface area contributed by atoms with Crippen molar-refractivity contribution in [2.75, 3.05) is 13.1 Å². The minimum absolute atomic E-state index is 0.245. The standard InChI is InChI=1S/C14H14FN/c1-2-10-5-11-3-9-4-12(8-16-7-9)13(11)6-14(10)15/h1,5-6,9,12,16H,3-4,7-8H2. The van der Waals surface area contributed by atoms with E-state index in [2.05, 4.69) is 11.2 Å². The highest BCUT2D eigenvalue weighted by Gasteiger charge is 2.30. The second kappa shape index (κ2) is 3.61. The molecule has 1 aromatic carbocycles. The van der Waals surface area contributed by atoms with Gasteiger partial charge in [0.05, 0.1) is 5.56 Å². The summed E-state index contributed by atoms with van der Waals surface area (Å²) in [6, 6.07) is 3.52. The highest BCUT2D eigenvalue weighted by Crippen LogP contribution is 2.37. The van der Waals surface area contributed by atoms with E-state index in [0.717, 1.165) is 19.5 Å².